The van der Waals surface area contributed by atoms with E-state index in [0.29, 0.717) is 17.1 Å². The van der Waals surface area contributed by atoms with Gasteiger partial charge in [0.15, 0.2) is 5.78 Å². The summed E-state index contributed by atoms with van der Waals surface area (Å²) in [4.78, 5) is 12.0. The Balaban J connectivity index is 1.55. The highest BCUT2D eigenvalue weighted by Crippen LogP contribution is 2.24. The third-order valence-electron chi connectivity index (χ3n) is 3.76. The standard InChI is InChI=1S/C22H18FNO3/c1-26-19-10-12-21(13-11-19)27-20-8-6-18(7-9-20)24-15-14-22(25)16-2-4-17(23)5-3-16/h2-15,24H,1H3/b15-14+. The lowest BCUT2D eigenvalue weighted by atomic mass is 10.1. The molecule has 0 saturated heterocycles. The van der Waals surface area contributed by atoms with E-state index in [2.05, 4.69) is 5.32 Å². The highest BCUT2D eigenvalue weighted by atomic mass is 19.1. The maximum atomic E-state index is 12.9. The Bertz CT molecular complexity index is 917. The first kappa shape index (κ1) is 18.2. The number of halogens is 1. The van der Waals surface area contributed by atoms with Gasteiger partial charge in [0, 0.05) is 23.5 Å². The molecule has 0 spiro atoms. The number of carbonyl (C=O) groups excluding carboxylic acids is 1. The molecule has 0 aliphatic heterocycles. The van der Waals surface area contributed by atoms with Crippen molar-refractivity contribution < 1.29 is 18.7 Å². The van der Waals surface area contributed by atoms with Crippen molar-refractivity contribution in [1.29, 1.82) is 0 Å². The van der Waals surface area contributed by atoms with Gasteiger partial charge in [-0.2, -0.15) is 0 Å². The van der Waals surface area contributed by atoms with Crippen LogP contribution >= 0.6 is 0 Å². The molecule has 0 atom stereocenters. The molecule has 5 heteroatoms. The second-order valence-electron chi connectivity index (χ2n) is 5.65. The number of methoxy groups -OCH3 is 1. The van der Waals surface area contributed by atoms with Gasteiger partial charge in [-0.3, -0.25) is 4.79 Å². The number of anilines is 1. The van der Waals surface area contributed by atoms with Gasteiger partial charge in [-0.15, -0.1) is 0 Å². The van der Waals surface area contributed by atoms with E-state index < -0.39 is 0 Å². The van der Waals surface area contributed by atoms with Crippen LogP contribution in [0.15, 0.2) is 85.1 Å². The van der Waals surface area contributed by atoms with E-state index in [9.17, 15) is 9.18 Å². The SMILES string of the molecule is COc1ccc(Oc2ccc(N/C=C/C(=O)c3ccc(F)cc3)cc2)cc1. The van der Waals surface area contributed by atoms with Gasteiger partial charge >= 0.3 is 0 Å². The second-order valence-corrected chi connectivity index (χ2v) is 5.65. The van der Waals surface area contributed by atoms with E-state index in [-0.39, 0.29) is 11.6 Å². The second kappa shape index (κ2) is 8.67. The van der Waals surface area contributed by atoms with Gasteiger partial charge in [0.1, 0.15) is 23.1 Å². The summed E-state index contributed by atoms with van der Waals surface area (Å²) in [5, 5.41) is 3.02. The van der Waals surface area contributed by atoms with E-state index in [1.54, 1.807) is 13.3 Å². The molecule has 136 valence electrons. The van der Waals surface area contributed by atoms with Crippen LogP contribution in [0.2, 0.25) is 0 Å². The molecule has 0 radical (unpaired) electrons. The number of ketones is 1. The summed E-state index contributed by atoms with van der Waals surface area (Å²) in [6.07, 6.45) is 2.94. The van der Waals surface area contributed by atoms with Gasteiger partial charge in [-0.25, -0.2) is 4.39 Å². The number of allylic oxidation sites excluding steroid dienone is 1. The van der Waals surface area contributed by atoms with E-state index in [4.69, 9.17) is 9.47 Å². The fraction of sp³-hybridized carbons (Fsp3) is 0.0455. The third-order valence-corrected chi connectivity index (χ3v) is 3.76. The topological polar surface area (TPSA) is 47.6 Å². The minimum atomic E-state index is -0.370. The molecule has 0 saturated carbocycles. The average Bonchev–Trinajstić information content (AvgIpc) is 2.70. The molecule has 0 aliphatic carbocycles. The Morgan fingerprint density at radius 1 is 0.852 bits per heavy atom. The van der Waals surface area contributed by atoms with Gasteiger partial charge < -0.3 is 14.8 Å². The van der Waals surface area contributed by atoms with Crippen LogP contribution in [0.1, 0.15) is 10.4 Å². The Kier molecular flexibility index (Phi) is 5.84. The fourth-order valence-electron chi connectivity index (χ4n) is 2.32. The predicted octanol–water partition coefficient (Wildman–Crippen LogP) is 5.44. The maximum Gasteiger partial charge on any atom is 0.187 e. The fourth-order valence-corrected chi connectivity index (χ4v) is 2.32. The molecule has 0 amide bonds. The summed E-state index contributed by atoms with van der Waals surface area (Å²) in [6, 6.07) is 20.1. The van der Waals surface area contributed by atoms with Crippen LogP contribution in [0, 0.1) is 5.82 Å². The van der Waals surface area contributed by atoms with Crippen molar-refractivity contribution in [2.45, 2.75) is 0 Å². The number of hydrogen-bond acceptors (Lipinski definition) is 4. The molecule has 0 aromatic heterocycles. The largest absolute Gasteiger partial charge is 0.497 e. The lowest BCUT2D eigenvalue weighted by molar-refractivity contribution is 0.104. The first-order valence-corrected chi connectivity index (χ1v) is 8.29. The van der Waals surface area contributed by atoms with Crippen LogP contribution in [0.5, 0.6) is 17.2 Å². The zero-order chi connectivity index (χ0) is 19.1. The van der Waals surface area contributed by atoms with Gasteiger partial charge in [0.05, 0.1) is 7.11 Å². The van der Waals surface area contributed by atoms with Crippen molar-refractivity contribution in [2.75, 3.05) is 12.4 Å². The molecule has 0 fully saturated rings. The molecule has 4 nitrogen and oxygen atoms in total. The minimum Gasteiger partial charge on any atom is -0.497 e. The van der Waals surface area contributed by atoms with E-state index in [0.717, 1.165) is 11.4 Å². The molecule has 3 aromatic carbocycles. The normalized spacial score (nSPS) is 10.6. The third kappa shape index (κ3) is 5.19. The summed E-state index contributed by atoms with van der Waals surface area (Å²) in [7, 11) is 1.61. The number of benzene rings is 3. The van der Waals surface area contributed by atoms with Crippen LogP contribution < -0.4 is 14.8 Å². The Morgan fingerprint density at radius 2 is 1.41 bits per heavy atom. The summed E-state index contributed by atoms with van der Waals surface area (Å²) >= 11 is 0. The number of rotatable bonds is 7. The first-order chi connectivity index (χ1) is 13.1. The Morgan fingerprint density at radius 3 is 2.00 bits per heavy atom. The lowest BCUT2D eigenvalue weighted by Gasteiger charge is -2.07. The molecule has 1 N–H and O–H groups in total. The van der Waals surface area contributed by atoms with E-state index >= 15 is 0 Å². The summed E-state index contributed by atoms with van der Waals surface area (Å²) in [6.45, 7) is 0. The molecule has 0 aliphatic rings. The summed E-state index contributed by atoms with van der Waals surface area (Å²) in [5.74, 6) is 1.59. The molecule has 0 heterocycles. The Hall–Kier alpha value is -3.60. The van der Waals surface area contributed by atoms with Crippen molar-refractivity contribution in [3.63, 3.8) is 0 Å². The van der Waals surface area contributed by atoms with Gasteiger partial charge in [0.25, 0.3) is 0 Å². The highest BCUT2D eigenvalue weighted by Gasteiger charge is 2.02. The van der Waals surface area contributed by atoms with Gasteiger partial charge in [-0.05, 0) is 72.8 Å². The van der Waals surface area contributed by atoms with Crippen molar-refractivity contribution >= 4 is 11.5 Å². The summed E-state index contributed by atoms with van der Waals surface area (Å²) in [5.41, 5.74) is 1.23. The van der Waals surface area contributed by atoms with Crippen molar-refractivity contribution in [3.05, 3.63) is 96.5 Å². The maximum absolute atomic E-state index is 12.9. The Labute approximate surface area is 156 Å². The zero-order valence-electron chi connectivity index (χ0n) is 14.7. The van der Waals surface area contributed by atoms with E-state index in [1.807, 2.05) is 48.5 Å². The number of hydrogen-bond donors (Lipinski definition) is 1. The van der Waals surface area contributed by atoms with Crippen molar-refractivity contribution in [1.82, 2.24) is 0 Å². The predicted molar refractivity (Wildman–Crippen MR) is 103 cm³/mol. The molecular weight excluding hydrogens is 345 g/mol. The van der Waals surface area contributed by atoms with Crippen LogP contribution in [0.3, 0.4) is 0 Å². The van der Waals surface area contributed by atoms with Gasteiger partial charge in [-0.1, -0.05) is 0 Å². The highest BCUT2D eigenvalue weighted by molar-refractivity contribution is 6.04. The van der Waals surface area contributed by atoms with Crippen LogP contribution in [0.4, 0.5) is 10.1 Å². The number of carbonyl (C=O) groups is 1. The van der Waals surface area contributed by atoms with Gasteiger partial charge in [0.2, 0.25) is 0 Å². The van der Waals surface area contributed by atoms with Crippen molar-refractivity contribution in [3.8, 4) is 17.2 Å². The quantitative estimate of drug-likeness (QED) is 0.449. The molecule has 0 unspecified atom stereocenters. The first-order valence-electron chi connectivity index (χ1n) is 8.29. The monoisotopic (exact) mass is 363 g/mol. The molecule has 3 rings (SSSR count). The molecule has 0 bridgehead atoms. The molecule has 27 heavy (non-hydrogen) atoms. The zero-order valence-corrected chi connectivity index (χ0v) is 14.7. The van der Waals surface area contributed by atoms with Crippen LogP contribution in [0.25, 0.3) is 0 Å². The van der Waals surface area contributed by atoms with E-state index in [1.165, 1.54) is 30.3 Å². The number of ether oxygens (including phenoxy) is 2. The van der Waals surface area contributed by atoms with Crippen LogP contribution in [-0.4, -0.2) is 12.9 Å². The molecule has 3 aromatic rings. The van der Waals surface area contributed by atoms with Crippen LogP contribution in [-0.2, 0) is 0 Å². The summed E-state index contributed by atoms with van der Waals surface area (Å²) < 4.78 is 23.7. The smallest absolute Gasteiger partial charge is 0.187 e. The molecular formula is C22H18FNO3. The minimum absolute atomic E-state index is 0.207. The number of nitrogens with one attached hydrogen (secondary N) is 1. The lowest BCUT2D eigenvalue weighted by Crippen LogP contribution is -1.96. The average molecular weight is 363 g/mol. The van der Waals surface area contributed by atoms with Crippen molar-refractivity contribution in [2.24, 2.45) is 0 Å².